The summed E-state index contributed by atoms with van der Waals surface area (Å²) >= 11 is 0. The van der Waals surface area contributed by atoms with Crippen LogP contribution in [0.15, 0.2) is 17.2 Å². The lowest BCUT2D eigenvalue weighted by Crippen LogP contribution is -2.55. The molecule has 0 aromatic heterocycles. The largest absolute Gasteiger partial charge is 0.483 e. The fraction of sp³-hybridized carbons (Fsp3) is 0.579. The van der Waals surface area contributed by atoms with Gasteiger partial charge in [-0.2, -0.15) is 5.10 Å². The van der Waals surface area contributed by atoms with Gasteiger partial charge >= 0.3 is 0 Å². The van der Waals surface area contributed by atoms with Crippen molar-refractivity contribution in [2.45, 2.75) is 50.5 Å². The molecule has 1 unspecified atom stereocenters. The van der Waals surface area contributed by atoms with Crippen molar-refractivity contribution in [1.82, 2.24) is 10.7 Å². The Morgan fingerprint density at radius 3 is 2.60 bits per heavy atom. The van der Waals surface area contributed by atoms with Gasteiger partial charge in [-0.05, 0) is 80.8 Å². The lowest BCUT2D eigenvalue weighted by molar-refractivity contribution is -0.122. The monoisotopic (exact) mass is 340 g/mol. The van der Waals surface area contributed by atoms with Crippen LogP contribution >= 0.6 is 0 Å². The van der Waals surface area contributed by atoms with E-state index in [1.54, 1.807) is 0 Å². The number of anilines is 1. The molecule has 2 fully saturated rings. The van der Waals surface area contributed by atoms with E-state index in [9.17, 15) is 4.79 Å². The molecule has 0 spiro atoms. The van der Waals surface area contributed by atoms with E-state index in [1.165, 1.54) is 36.8 Å². The van der Waals surface area contributed by atoms with Crippen molar-refractivity contribution in [3.63, 3.8) is 0 Å². The van der Waals surface area contributed by atoms with Gasteiger partial charge in [-0.25, -0.2) is 5.43 Å². The Morgan fingerprint density at radius 1 is 1.12 bits per heavy atom. The van der Waals surface area contributed by atoms with Gasteiger partial charge in [0.15, 0.2) is 5.84 Å². The number of hydrogen-bond acceptors (Lipinski definition) is 5. The smallest absolute Gasteiger partial charge is 0.262 e. The maximum absolute atomic E-state index is 12.1. The molecule has 2 N–H and O–H groups in total. The quantitative estimate of drug-likeness (QED) is 0.865. The fourth-order valence-electron chi connectivity index (χ4n) is 4.34. The molecule has 1 saturated carbocycles. The molecule has 6 heteroatoms. The first kappa shape index (κ1) is 15.2. The zero-order chi connectivity index (χ0) is 17.0. The van der Waals surface area contributed by atoms with E-state index in [0.717, 1.165) is 30.4 Å². The van der Waals surface area contributed by atoms with E-state index in [1.807, 2.05) is 6.92 Å². The van der Waals surface area contributed by atoms with E-state index in [-0.39, 0.29) is 11.9 Å². The van der Waals surface area contributed by atoms with Gasteiger partial charge in [0.2, 0.25) is 0 Å². The maximum Gasteiger partial charge on any atom is 0.262 e. The number of piperidine rings is 1. The number of rotatable bonds is 2. The van der Waals surface area contributed by atoms with Crippen LogP contribution in [0.5, 0.6) is 5.75 Å². The van der Waals surface area contributed by atoms with Crippen LogP contribution in [0.3, 0.4) is 0 Å². The molecule has 6 nitrogen and oxygen atoms in total. The summed E-state index contributed by atoms with van der Waals surface area (Å²) < 4.78 is 6.00. The third-order valence-corrected chi connectivity index (χ3v) is 5.92. The zero-order valence-corrected chi connectivity index (χ0v) is 14.5. The Labute approximate surface area is 147 Å². The van der Waals surface area contributed by atoms with Crippen LogP contribution in [0, 0.1) is 0 Å². The van der Waals surface area contributed by atoms with Crippen molar-refractivity contribution in [2.24, 2.45) is 5.10 Å². The average Bonchev–Trinajstić information content (AvgIpc) is 3.49. The SMILES string of the molecule is CC1C(=O)NN=C2COc3cc(C4CC4)c(C4CCNCC4)cc3N21. The Morgan fingerprint density at radius 2 is 1.84 bits per heavy atom. The van der Waals surface area contributed by atoms with Crippen LogP contribution in [-0.2, 0) is 4.79 Å². The van der Waals surface area contributed by atoms with Gasteiger partial charge in [-0.1, -0.05) is 0 Å². The summed E-state index contributed by atoms with van der Waals surface area (Å²) in [5.74, 6) is 2.91. The summed E-state index contributed by atoms with van der Waals surface area (Å²) in [6.45, 7) is 4.50. The normalized spacial score (nSPS) is 26.3. The molecule has 1 aromatic rings. The number of hydrogen-bond donors (Lipinski definition) is 2. The van der Waals surface area contributed by atoms with Crippen LogP contribution in [0.4, 0.5) is 5.69 Å². The number of ether oxygens (including phenoxy) is 1. The van der Waals surface area contributed by atoms with Gasteiger partial charge in [-0.3, -0.25) is 4.79 Å². The lowest BCUT2D eigenvalue weighted by Gasteiger charge is -2.39. The predicted octanol–water partition coefficient (Wildman–Crippen LogP) is 2.06. The number of hydrazone groups is 1. The summed E-state index contributed by atoms with van der Waals surface area (Å²) in [4.78, 5) is 14.2. The molecule has 25 heavy (non-hydrogen) atoms. The van der Waals surface area contributed by atoms with Crippen LogP contribution in [-0.4, -0.2) is 37.5 Å². The number of carbonyl (C=O) groups is 1. The highest BCUT2D eigenvalue weighted by atomic mass is 16.5. The van der Waals surface area contributed by atoms with Crippen LogP contribution < -0.4 is 20.4 Å². The minimum Gasteiger partial charge on any atom is -0.483 e. The third kappa shape index (κ3) is 2.51. The molecule has 1 atom stereocenters. The van der Waals surface area contributed by atoms with Gasteiger partial charge < -0.3 is 15.0 Å². The highest BCUT2D eigenvalue weighted by molar-refractivity contribution is 6.09. The summed E-state index contributed by atoms with van der Waals surface area (Å²) in [5, 5.41) is 7.66. The molecule has 3 aliphatic heterocycles. The highest BCUT2D eigenvalue weighted by Crippen LogP contribution is 2.49. The number of amidine groups is 1. The Kier molecular flexibility index (Phi) is 3.48. The molecule has 132 valence electrons. The first-order valence-corrected chi connectivity index (χ1v) is 9.39. The van der Waals surface area contributed by atoms with E-state index in [2.05, 4.69) is 32.9 Å². The number of fused-ring (bicyclic) bond motifs is 3. The lowest BCUT2D eigenvalue weighted by atomic mass is 9.85. The van der Waals surface area contributed by atoms with Gasteiger partial charge in [0.25, 0.3) is 5.91 Å². The topological polar surface area (TPSA) is 66.0 Å². The molecular formula is C19H24N4O2. The van der Waals surface area contributed by atoms with Crippen molar-refractivity contribution in [2.75, 3.05) is 24.6 Å². The highest BCUT2D eigenvalue weighted by Gasteiger charge is 2.38. The number of amides is 1. The van der Waals surface area contributed by atoms with Gasteiger partial charge in [0.1, 0.15) is 18.4 Å². The second-order valence-corrected chi connectivity index (χ2v) is 7.59. The van der Waals surface area contributed by atoms with E-state index in [4.69, 9.17) is 4.74 Å². The molecule has 1 saturated heterocycles. The summed E-state index contributed by atoms with van der Waals surface area (Å²) in [7, 11) is 0. The molecule has 1 aliphatic carbocycles. The second-order valence-electron chi connectivity index (χ2n) is 7.59. The van der Waals surface area contributed by atoms with Crippen LogP contribution in [0.2, 0.25) is 0 Å². The minimum atomic E-state index is -0.261. The third-order valence-electron chi connectivity index (χ3n) is 5.92. The van der Waals surface area contributed by atoms with Gasteiger partial charge in [-0.15, -0.1) is 0 Å². The van der Waals surface area contributed by atoms with Gasteiger partial charge in [0.05, 0.1) is 5.69 Å². The second kappa shape index (κ2) is 5.73. The van der Waals surface area contributed by atoms with Crippen molar-refractivity contribution in [3.8, 4) is 5.75 Å². The van der Waals surface area contributed by atoms with Crippen LogP contribution in [0.1, 0.15) is 55.6 Å². The molecule has 4 aliphatic rings. The van der Waals surface area contributed by atoms with E-state index < -0.39 is 0 Å². The number of carbonyl (C=O) groups excluding carboxylic acids is 1. The fourth-order valence-corrected chi connectivity index (χ4v) is 4.34. The molecule has 3 heterocycles. The van der Waals surface area contributed by atoms with E-state index >= 15 is 0 Å². The van der Waals surface area contributed by atoms with Crippen molar-refractivity contribution >= 4 is 17.4 Å². The molecule has 1 aromatic carbocycles. The molecule has 5 rings (SSSR count). The first-order valence-electron chi connectivity index (χ1n) is 9.39. The minimum absolute atomic E-state index is 0.0636. The van der Waals surface area contributed by atoms with Crippen LogP contribution in [0.25, 0.3) is 0 Å². The van der Waals surface area contributed by atoms with Crippen molar-refractivity contribution in [1.29, 1.82) is 0 Å². The average molecular weight is 340 g/mol. The maximum atomic E-state index is 12.1. The standard InChI is InChI=1S/C19H24N4O2/c1-11-19(24)22-21-18-10-25-17-9-15(12-2-3-12)14(8-16(17)23(11)18)13-4-6-20-7-5-13/h8-9,11-13,20H,2-7,10H2,1H3,(H,22,24). The molecular weight excluding hydrogens is 316 g/mol. The Bertz CT molecular complexity index is 750. The Hall–Kier alpha value is -2.08. The predicted molar refractivity (Wildman–Crippen MR) is 96.3 cm³/mol. The molecule has 0 radical (unpaired) electrons. The van der Waals surface area contributed by atoms with E-state index in [0.29, 0.717) is 18.4 Å². The summed E-state index contributed by atoms with van der Waals surface area (Å²) in [6, 6.07) is 4.28. The summed E-state index contributed by atoms with van der Waals surface area (Å²) in [6.07, 6.45) is 4.92. The van der Waals surface area contributed by atoms with Crippen molar-refractivity contribution < 1.29 is 9.53 Å². The summed E-state index contributed by atoms with van der Waals surface area (Å²) in [5.41, 5.74) is 6.54. The van der Waals surface area contributed by atoms with Crippen molar-refractivity contribution in [3.05, 3.63) is 23.3 Å². The number of benzene rings is 1. The number of nitrogens with zero attached hydrogens (tertiary/aromatic N) is 2. The van der Waals surface area contributed by atoms with Gasteiger partial charge in [0, 0.05) is 0 Å². The first-order chi connectivity index (χ1) is 12.2. The molecule has 0 bridgehead atoms. The number of nitrogens with one attached hydrogen (secondary N) is 2. The Balaban J connectivity index is 1.62. The molecule has 1 amide bonds. The zero-order valence-electron chi connectivity index (χ0n) is 14.5.